The van der Waals surface area contributed by atoms with Crippen LogP contribution in [0.25, 0.3) is 0 Å². The molecule has 1 aromatic rings. The minimum atomic E-state index is -5.12. The van der Waals surface area contributed by atoms with Gasteiger partial charge in [0.2, 0.25) is 16.3 Å². The van der Waals surface area contributed by atoms with Crippen molar-refractivity contribution in [2.24, 2.45) is 0 Å². The number of amides is 3. The molecule has 2 bridgehead atoms. The second kappa shape index (κ2) is 10.1. The van der Waals surface area contributed by atoms with Gasteiger partial charge in [-0.05, 0) is 18.1 Å². The van der Waals surface area contributed by atoms with Crippen LogP contribution in [0.3, 0.4) is 0 Å². The molecule has 2 aliphatic rings. The standard InChI is InChI=1S/C13H19N7O8S.Na/c21-4-3-11-15-17-19(16-11)7-9(22)5-14-12(23)10-2-1-8-6-18(10)13(24)20(8)28-29(25,26)27;/h8,10,21H,1-7H2,(H,14,23)(H,25,26,27);/q;+1/p-1/t8-,10+;/m1./s1. The molecule has 160 valence electrons. The molecule has 1 aromatic heterocycles. The van der Waals surface area contributed by atoms with E-state index >= 15 is 0 Å². The molecule has 30 heavy (non-hydrogen) atoms. The maximum atomic E-state index is 12.4. The van der Waals surface area contributed by atoms with Crippen LogP contribution in [-0.4, -0.2) is 97.7 Å². The van der Waals surface area contributed by atoms with E-state index in [1.165, 1.54) is 0 Å². The monoisotopic (exact) mass is 455 g/mol. The number of nitrogens with zero attached hydrogens (tertiary/aromatic N) is 6. The first-order chi connectivity index (χ1) is 13.7. The molecule has 2 N–H and O–H groups in total. The number of aliphatic hydroxyl groups is 1. The van der Waals surface area contributed by atoms with Gasteiger partial charge in [0, 0.05) is 13.0 Å². The zero-order chi connectivity index (χ0) is 21.2. The first kappa shape index (κ1) is 24.6. The molecule has 2 aliphatic heterocycles. The Bertz CT molecular complexity index is 909. The van der Waals surface area contributed by atoms with Gasteiger partial charge in [-0.1, -0.05) is 0 Å². The Morgan fingerprint density at radius 3 is 2.73 bits per heavy atom. The van der Waals surface area contributed by atoms with Crippen molar-refractivity contribution in [3.05, 3.63) is 5.82 Å². The number of carbonyl (C=O) groups excluding carboxylic acids is 3. The fourth-order valence-corrected chi connectivity index (χ4v) is 3.54. The van der Waals surface area contributed by atoms with E-state index in [-0.39, 0.29) is 80.9 Å². The first-order valence-electron chi connectivity index (χ1n) is 8.60. The van der Waals surface area contributed by atoms with Crippen LogP contribution < -0.4 is 34.9 Å². The molecular weight excluding hydrogens is 437 g/mol. The summed E-state index contributed by atoms with van der Waals surface area (Å²) in [6.45, 7) is -0.711. The SMILES string of the molecule is O=C(CNC(=O)[C@@H]1CC[C@@H]2CN1C(=O)N2OS(=O)(=O)[O-])Cn1nnc(CCO)n1.[Na+]. The van der Waals surface area contributed by atoms with Crippen molar-refractivity contribution < 1.29 is 66.3 Å². The van der Waals surface area contributed by atoms with E-state index in [2.05, 4.69) is 25.0 Å². The van der Waals surface area contributed by atoms with Gasteiger partial charge in [-0.2, -0.15) is 14.1 Å². The largest absolute Gasteiger partial charge is 1.00 e. The van der Waals surface area contributed by atoms with Crippen molar-refractivity contribution in [3.63, 3.8) is 0 Å². The molecule has 2 atom stereocenters. The minimum Gasteiger partial charge on any atom is -0.724 e. The summed E-state index contributed by atoms with van der Waals surface area (Å²) in [5.41, 5.74) is 0. The van der Waals surface area contributed by atoms with Crippen molar-refractivity contribution in [1.29, 1.82) is 0 Å². The number of urea groups is 1. The number of rotatable bonds is 9. The van der Waals surface area contributed by atoms with Gasteiger partial charge < -0.3 is 19.9 Å². The maximum Gasteiger partial charge on any atom is 1.00 e. The van der Waals surface area contributed by atoms with E-state index in [1.54, 1.807) is 0 Å². The fourth-order valence-electron chi connectivity index (χ4n) is 3.16. The zero-order valence-corrected chi connectivity index (χ0v) is 18.8. The molecule has 17 heteroatoms. The Labute approximate surface area is 192 Å². The Kier molecular flexibility index (Phi) is 8.26. The van der Waals surface area contributed by atoms with Gasteiger partial charge >= 0.3 is 35.6 Å². The number of ketones is 1. The van der Waals surface area contributed by atoms with Crippen molar-refractivity contribution >= 4 is 28.1 Å². The number of hydrogen-bond acceptors (Lipinski definition) is 11. The predicted octanol–water partition coefficient (Wildman–Crippen LogP) is -6.44. The molecule has 15 nitrogen and oxygen atoms in total. The number of aliphatic hydroxyl groups excluding tert-OH is 1. The maximum absolute atomic E-state index is 12.4. The molecule has 0 unspecified atom stereocenters. The summed E-state index contributed by atoms with van der Waals surface area (Å²) in [6.07, 6.45) is 0.663. The molecule has 2 fully saturated rings. The summed E-state index contributed by atoms with van der Waals surface area (Å²) in [5, 5.41) is 22.9. The number of fused-ring (bicyclic) bond motifs is 2. The van der Waals surface area contributed by atoms with E-state index in [4.69, 9.17) is 5.11 Å². The van der Waals surface area contributed by atoms with E-state index in [1.807, 2.05) is 0 Å². The molecule has 0 saturated carbocycles. The van der Waals surface area contributed by atoms with Crippen LogP contribution in [0.4, 0.5) is 4.79 Å². The Balaban J connectivity index is 0.00000320. The van der Waals surface area contributed by atoms with Gasteiger partial charge in [0.25, 0.3) is 0 Å². The third kappa shape index (κ3) is 5.93. The number of tetrazole rings is 1. The number of aromatic nitrogens is 4. The number of hydrogen-bond donors (Lipinski definition) is 2. The van der Waals surface area contributed by atoms with Crippen molar-refractivity contribution in [2.75, 3.05) is 19.7 Å². The average Bonchev–Trinajstić information content (AvgIpc) is 3.17. The molecule has 0 spiro atoms. The molecule has 0 radical (unpaired) electrons. The summed E-state index contributed by atoms with van der Waals surface area (Å²) in [5.74, 6) is -0.736. The molecular formula is C13H18N7NaO8S. The Morgan fingerprint density at radius 1 is 1.33 bits per heavy atom. The van der Waals surface area contributed by atoms with Gasteiger partial charge in [0.1, 0.15) is 12.6 Å². The molecule has 3 amide bonds. The summed E-state index contributed by atoms with van der Waals surface area (Å²) < 4.78 is 36.5. The van der Waals surface area contributed by atoms with Crippen LogP contribution in [0.15, 0.2) is 0 Å². The van der Waals surface area contributed by atoms with Gasteiger partial charge in [-0.3, -0.25) is 9.59 Å². The Morgan fingerprint density at radius 2 is 2.07 bits per heavy atom. The quantitative estimate of drug-likeness (QED) is 0.204. The van der Waals surface area contributed by atoms with Crippen LogP contribution >= 0.6 is 0 Å². The Hall–Kier alpha value is -1.69. The van der Waals surface area contributed by atoms with Gasteiger partial charge in [0.15, 0.2) is 11.6 Å². The molecule has 0 aromatic carbocycles. The van der Waals surface area contributed by atoms with Crippen LogP contribution in [0, 0.1) is 0 Å². The number of piperidine rings is 1. The third-order valence-corrected chi connectivity index (χ3v) is 4.75. The first-order valence-corrected chi connectivity index (χ1v) is 9.93. The third-order valence-electron chi connectivity index (χ3n) is 4.40. The van der Waals surface area contributed by atoms with Gasteiger partial charge in [-0.25, -0.2) is 13.2 Å². The normalized spacial score (nSPS) is 20.8. The topological polar surface area (TPSA) is 200 Å². The molecule has 3 rings (SSSR count). The summed E-state index contributed by atoms with van der Waals surface area (Å²) in [6, 6.07) is -2.47. The minimum absolute atomic E-state index is 0. The summed E-state index contributed by atoms with van der Waals surface area (Å²) in [7, 11) is -5.12. The van der Waals surface area contributed by atoms with Crippen LogP contribution in [0.1, 0.15) is 18.7 Å². The number of hydroxylamine groups is 2. The van der Waals surface area contributed by atoms with E-state index < -0.39 is 40.2 Å². The van der Waals surface area contributed by atoms with E-state index in [9.17, 15) is 27.4 Å². The molecule has 3 heterocycles. The van der Waals surface area contributed by atoms with E-state index in [0.717, 1.165) is 9.70 Å². The second-order valence-corrected chi connectivity index (χ2v) is 7.42. The zero-order valence-electron chi connectivity index (χ0n) is 16.0. The average molecular weight is 455 g/mol. The predicted molar refractivity (Wildman–Crippen MR) is 88.2 cm³/mol. The second-order valence-electron chi connectivity index (χ2n) is 6.46. The van der Waals surface area contributed by atoms with Crippen LogP contribution in [-0.2, 0) is 37.2 Å². The number of nitrogens with one attached hydrogen (secondary N) is 1. The van der Waals surface area contributed by atoms with Crippen LogP contribution in [0.5, 0.6) is 0 Å². The number of Topliss-reactive ketones (excluding diaryl/α,β-unsaturated/α-hetero) is 1. The van der Waals surface area contributed by atoms with Crippen molar-refractivity contribution in [3.8, 4) is 0 Å². The smallest absolute Gasteiger partial charge is 0.724 e. The summed E-state index contributed by atoms with van der Waals surface area (Å²) in [4.78, 5) is 38.8. The fraction of sp³-hybridized carbons (Fsp3) is 0.692. The van der Waals surface area contributed by atoms with Crippen LogP contribution in [0.2, 0.25) is 0 Å². The summed E-state index contributed by atoms with van der Waals surface area (Å²) >= 11 is 0. The van der Waals surface area contributed by atoms with Gasteiger partial charge in [0.05, 0.1) is 19.2 Å². The van der Waals surface area contributed by atoms with E-state index in [0.29, 0.717) is 5.06 Å². The van der Waals surface area contributed by atoms with Gasteiger partial charge in [-0.15, -0.1) is 10.2 Å². The van der Waals surface area contributed by atoms with Crippen molar-refractivity contribution in [2.45, 2.75) is 37.9 Å². The number of carbonyl (C=O) groups is 3. The molecule has 0 aliphatic carbocycles. The molecule has 2 saturated heterocycles. The van der Waals surface area contributed by atoms with Crippen molar-refractivity contribution in [1.82, 2.24) is 35.5 Å².